The molecule has 1 N–H and O–H groups in total. The molecule has 0 radical (unpaired) electrons. The first-order valence-corrected chi connectivity index (χ1v) is 4.81. The molecule has 2 aromatic rings. The lowest BCUT2D eigenvalue weighted by Crippen LogP contribution is -3.00. The maximum atomic E-state index is 3.07. The molecule has 2 rings (SSSR count). The Bertz CT molecular complexity index is 393. The van der Waals surface area contributed by atoms with Crippen molar-refractivity contribution in [3.63, 3.8) is 0 Å². The fraction of sp³-hybridized carbons (Fsp3) is 0.250. The molecule has 0 aliphatic heterocycles. The molecule has 0 aliphatic rings. The van der Waals surface area contributed by atoms with Gasteiger partial charge in [-0.3, -0.25) is 4.98 Å². The zero-order chi connectivity index (χ0) is 10.0. The average Bonchev–Trinajstić information content (AvgIpc) is 2.72. The number of benzene rings is 1. The zero-order valence-corrected chi connectivity index (χ0v) is 11.1. The average molecular weight is 314 g/mol. The summed E-state index contributed by atoms with van der Waals surface area (Å²) in [5.74, 6) is 0. The molecule has 1 aromatic heterocycles. The van der Waals surface area contributed by atoms with E-state index in [1.807, 2.05) is 24.8 Å². The molecule has 0 unspecified atom stereocenters. The highest BCUT2D eigenvalue weighted by atomic mass is 127. The first-order chi connectivity index (χ1) is 6.71. The Morgan fingerprint density at radius 1 is 1.13 bits per heavy atom. The summed E-state index contributed by atoms with van der Waals surface area (Å²) in [6.07, 6.45) is 5.96. The van der Waals surface area contributed by atoms with E-state index in [4.69, 9.17) is 0 Å². The van der Waals surface area contributed by atoms with Gasteiger partial charge in [-0.1, -0.05) is 30.3 Å². The van der Waals surface area contributed by atoms with Crippen molar-refractivity contribution in [1.29, 1.82) is 0 Å². The minimum Gasteiger partial charge on any atom is -1.00 e. The molecular weight excluding hydrogens is 299 g/mol. The molecule has 0 aliphatic carbocycles. The fourth-order valence-electron chi connectivity index (χ4n) is 1.63. The summed E-state index contributed by atoms with van der Waals surface area (Å²) in [6.45, 7) is 4.41. The third-order valence-electron chi connectivity index (χ3n) is 2.67. The van der Waals surface area contributed by atoms with E-state index in [1.165, 1.54) is 5.56 Å². The van der Waals surface area contributed by atoms with Crippen molar-refractivity contribution in [1.82, 2.24) is 4.98 Å². The number of H-pyrrole nitrogens is 1. The second-order valence-electron chi connectivity index (χ2n) is 3.94. The summed E-state index contributed by atoms with van der Waals surface area (Å²) in [4.78, 5) is 3.07. The van der Waals surface area contributed by atoms with Crippen molar-refractivity contribution in [3.05, 3.63) is 54.6 Å². The van der Waals surface area contributed by atoms with Crippen LogP contribution >= 0.6 is 0 Å². The second-order valence-corrected chi connectivity index (χ2v) is 3.94. The Morgan fingerprint density at radius 3 is 2.33 bits per heavy atom. The van der Waals surface area contributed by atoms with Crippen LogP contribution in [0.3, 0.4) is 0 Å². The number of aromatic amines is 1. The van der Waals surface area contributed by atoms with Crippen LogP contribution in [0.5, 0.6) is 0 Å². The predicted molar refractivity (Wildman–Crippen MR) is 55.9 cm³/mol. The smallest absolute Gasteiger partial charge is 0.242 e. The summed E-state index contributed by atoms with van der Waals surface area (Å²) in [5, 5.41) is 0. The van der Waals surface area contributed by atoms with Crippen molar-refractivity contribution in [2.45, 2.75) is 19.4 Å². The van der Waals surface area contributed by atoms with Crippen LogP contribution < -0.4 is 28.5 Å². The molecule has 0 fully saturated rings. The minimum atomic E-state index is 0. The van der Waals surface area contributed by atoms with E-state index in [0.717, 1.165) is 0 Å². The summed E-state index contributed by atoms with van der Waals surface area (Å²) in [5.41, 5.74) is 1.31. The van der Waals surface area contributed by atoms with Crippen LogP contribution in [-0.2, 0) is 5.54 Å². The van der Waals surface area contributed by atoms with Crippen LogP contribution in [0, 0.1) is 0 Å². The number of halogens is 1. The van der Waals surface area contributed by atoms with Crippen LogP contribution in [0.1, 0.15) is 19.4 Å². The lowest BCUT2D eigenvalue weighted by atomic mass is 9.94. The van der Waals surface area contributed by atoms with Crippen LogP contribution in [0.25, 0.3) is 0 Å². The number of aromatic nitrogens is 2. The normalized spacial score (nSPS) is 10.8. The maximum Gasteiger partial charge on any atom is 0.242 e. The standard InChI is InChI=1S/C12H14N2.HI/c1-12(2,14-9-8-13-10-14)11-6-4-3-5-7-11;/h3-10H,1-2H3;1H. The number of hydrogen-bond donors (Lipinski definition) is 1. The highest BCUT2D eigenvalue weighted by molar-refractivity contribution is 5.20. The molecule has 15 heavy (non-hydrogen) atoms. The van der Waals surface area contributed by atoms with Crippen LogP contribution in [0.4, 0.5) is 0 Å². The molecule has 0 bridgehead atoms. The Kier molecular flexibility index (Phi) is 3.90. The van der Waals surface area contributed by atoms with E-state index < -0.39 is 0 Å². The SMILES string of the molecule is CC(C)(c1ccccc1)[n+]1cc[nH]c1.[I-]. The van der Waals surface area contributed by atoms with Crippen molar-refractivity contribution >= 4 is 0 Å². The molecule has 0 saturated carbocycles. The highest BCUT2D eigenvalue weighted by Gasteiger charge is 2.26. The third kappa shape index (κ3) is 2.40. The molecule has 3 heteroatoms. The van der Waals surface area contributed by atoms with Crippen LogP contribution in [0.2, 0.25) is 0 Å². The number of nitrogens with zero attached hydrogens (tertiary/aromatic N) is 1. The summed E-state index contributed by atoms with van der Waals surface area (Å²) in [7, 11) is 0. The van der Waals surface area contributed by atoms with Gasteiger partial charge in [0.2, 0.25) is 6.33 Å². The predicted octanol–water partition coefficient (Wildman–Crippen LogP) is -0.910. The molecule has 0 amide bonds. The van der Waals surface area contributed by atoms with Gasteiger partial charge in [0.1, 0.15) is 17.9 Å². The van der Waals surface area contributed by atoms with E-state index in [-0.39, 0.29) is 29.5 Å². The van der Waals surface area contributed by atoms with Gasteiger partial charge in [-0.15, -0.1) is 0 Å². The Labute approximate surface area is 107 Å². The molecule has 0 atom stereocenters. The van der Waals surface area contributed by atoms with E-state index >= 15 is 0 Å². The molecule has 1 aromatic carbocycles. The van der Waals surface area contributed by atoms with Gasteiger partial charge < -0.3 is 24.0 Å². The van der Waals surface area contributed by atoms with Gasteiger partial charge in [-0.25, -0.2) is 4.57 Å². The molecule has 1 heterocycles. The quantitative estimate of drug-likeness (QED) is 0.547. The second kappa shape index (κ2) is 4.79. The van der Waals surface area contributed by atoms with Crippen LogP contribution in [0.15, 0.2) is 49.1 Å². The lowest BCUT2D eigenvalue weighted by Gasteiger charge is -2.21. The van der Waals surface area contributed by atoms with E-state index in [2.05, 4.69) is 47.7 Å². The van der Waals surface area contributed by atoms with Gasteiger partial charge in [0, 0.05) is 0 Å². The van der Waals surface area contributed by atoms with Gasteiger partial charge in [-0.2, -0.15) is 0 Å². The lowest BCUT2D eigenvalue weighted by molar-refractivity contribution is -0.746. The van der Waals surface area contributed by atoms with Gasteiger partial charge in [0.05, 0.1) is 0 Å². The minimum absolute atomic E-state index is 0. The van der Waals surface area contributed by atoms with E-state index in [9.17, 15) is 0 Å². The third-order valence-corrected chi connectivity index (χ3v) is 2.67. The van der Waals surface area contributed by atoms with Crippen molar-refractivity contribution in [3.8, 4) is 0 Å². The summed E-state index contributed by atoms with van der Waals surface area (Å²) >= 11 is 0. The largest absolute Gasteiger partial charge is 1.00 e. The monoisotopic (exact) mass is 314 g/mol. The number of nitrogens with one attached hydrogen (secondary N) is 1. The Morgan fingerprint density at radius 2 is 1.80 bits per heavy atom. The van der Waals surface area contributed by atoms with Gasteiger partial charge in [-0.05, 0) is 19.4 Å². The van der Waals surface area contributed by atoms with Gasteiger partial charge in [0.15, 0.2) is 0 Å². The number of rotatable bonds is 2. The molecule has 2 nitrogen and oxygen atoms in total. The number of hydrogen-bond acceptors (Lipinski definition) is 0. The Hall–Kier alpha value is -0.840. The number of imidazole rings is 1. The van der Waals surface area contributed by atoms with Gasteiger partial charge in [0.25, 0.3) is 0 Å². The first kappa shape index (κ1) is 12.2. The topological polar surface area (TPSA) is 19.7 Å². The van der Waals surface area contributed by atoms with Crippen molar-refractivity contribution < 1.29 is 28.5 Å². The molecule has 0 spiro atoms. The van der Waals surface area contributed by atoms with Gasteiger partial charge >= 0.3 is 0 Å². The first-order valence-electron chi connectivity index (χ1n) is 4.81. The van der Waals surface area contributed by atoms with E-state index in [0.29, 0.717) is 0 Å². The summed E-state index contributed by atoms with van der Waals surface area (Å²) in [6, 6.07) is 10.5. The molecular formula is C12H15IN2. The zero-order valence-electron chi connectivity index (χ0n) is 8.94. The van der Waals surface area contributed by atoms with Crippen molar-refractivity contribution in [2.24, 2.45) is 0 Å². The molecule has 0 saturated heterocycles. The van der Waals surface area contributed by atoms with E-state index in [1.54, 1.807) is 0 Å². The summed E-state index contributed by atoms with van der Waals surface area (Å²) < 4.78 is 2.17. The van der Waals surface area contributed by atoms with Crippen molar-refractivity contribution in [2.75, 3.05) is 0 Å². The molecule has 80 valence electrons. The van der Waals surface area contributed by atoms with Crippen LogP contribution in [-0.4, -0.2) is 4.98 Å². The Balaban J connectivity index is 0.00000112. The fourth-order valence-corrected chi connectivity index (χ4v) is 1.63. The maximum absolute atomic E-state index is 3.07. The highest BCUT2D eigenvalue weighted by Crippen LogP contribution is 2.18.